The van der Waals surface area contributed by atoms with Gasteiger partial charge < -0.3 is 16.0 Å². The number of nitrogens with one attached hydrogen (secondary N) is 3. The first-order valence-corrected chi connectivity index (χ1v) is 8.36. The van der Waals surface area contributed by atoms with E-state index in [1.165, 1.54) is 6.92 Å². The van der Waals surface area contributed by atoms with Crippen LogP contribution in [-0.4, -0.2) is 22.0 Å². The summed E-state index contributed by atoms with van der Waals surface area (Å²) in [6.07, 6.45) is 0. The lowest BCUT2D eigenvalue weighted by molar-refractivity contribution is -0.114. The first-order chi connectivity index (χ1) is 13.0. The third kappa shape index (κ3) is 5.12. The van der Waals surface area contributed by atoms with Crippen molar-refractivity contribution in [3.8, 4) is 0 Å². The summed E-state index contributed by atoms with van der Waals surface area (Å²) in [6, 6.07) is 18.0. The number of carbonyl (C=O) groups is 2. The Kier molecular flexibility index (Phi) is 5.41. The second kappa shape index (κ2) is 8.09. The van der Waals surface area contributed by atoms with Gasteiger partial charge in [-0.1, -0.05) is 17.7 Å². The maximum Gasteiger partial charge on any atom is 0.276 e. The van der Waals surface area contributed by atoms with Crippen LogP contribution in [0.25, 0.3) is 0 Å². The van der Waals surface area contributed by atoms with E-state index >= 15 is 0 Å². The highest BCUT2D eigenvalue weighted by Crippen LogP contribution is 2.17. The van der Waals surface area contributed by atoms with Crippen molar-refractivity contribution < 1.29 is 9.59 Å². The summed E-state index contributed by atoms with van der Waals surface area (Å²) < 4.78 is 0. The Morgan fingerprint density at radius 1 is 0.741 bits per heavy atom. The smallest absolute Gasteiger partial charge is 0.276 e. The number of hydrogen-bond acceptors (Lipinski definition) is 5. The summed E-state index contributed by atoms with van der Waals surface area (Å²) in [5, 5.41) is 16.6. The quantitative estimate of drug-likeness (QED) is 0.643. The molecule has 0 aliphatic heterocycles. The zero-order valence-electron chi connectivity index (χ0n) is 15.0. The van der Waals surface area contributed by atoms with Crippen LogP contribution in [0.4, 0.5) is 22.9 Å². The van der Waals surface area contributed by atoms with Crippen molar-refractivity contribution in [2.75, 3.05) is 16.0 Å². The number of anilines is 4. The average molecular weight is 361 g/mol. The number of hydrogen-bond donors (Lipinski definition) is 3. The van der Waals surface area contributed by atoms with Gasteiger partial charge >= 0.3 is 0 Å². The van der Waals surface area contributed by atoms with Crippen LogP contribution < -0.4 is 16.0 Å². The van der Waals surface area contributed by atoms with Gasteiger partial charge in [0.05, 0.1) is 0 Å². The summed E-state index contributed by atoms with van der Waals surface area (Å²) >= 11 is 0. The van der Waals surface area contributed by atoms with Gasteiger partial charge in [-0.05, 0) is 55.5 Å². The van der Waals surface area contributed by atoms with Gasteiger partial charge in [0.25, 0.3) is 5.91 Å². The number of amides is 2. The monoisotopic (exact) mass is 361 g/mol. The van der Waals surface area contributed by atoms with E-state index in [4.69, 9.17) is 0 Å². The third-order valence-corrected chi connectivity index (χ3v) is 3.68. The fourth-order valence-electron chi connectivity index (χ4n) is 2.34. The van der Waals surface area contributed by atoms with Crippen molar-refractivity contribution in [1.82, 2.24) is 10.2 Å². The van der Waals surface area contributed by atoms with Crippen molar-refractivity contribution >= 4 is 34.7 Å². The molecule has 3 aromatic rings. The minimum absolute atomic E-state index is 0.124. The largest absolute Gasteiger partial charge is 0.339 e. The van der Waals surface area contributed by atoms with Gasteiger partial charge in [0.2, 0.25) is 5.91 Å². The predicted octanol–water partition coefficient (Wildman–Crippen LogP) is 3.74. The van der Waals surface area contributed by atoms with Gasteiger partial charge in [0.1, 0.15) is 0 Å². The molecule has 2 aromatic carbocycles. The normalized spacial score (nSPS) is 10.1. The molecule has 1 heterocycles. The summed E-state index contributed by atoms with van der Waals surface area (Å²) in [7, 11) is 0. The van der Waals surface area contributed by atoms with E-state index in [9.17, 15) is 9.59 Å². The Bertz CT molecular complexity index is 936. The topological polar surface area (TPSA) is 96.0 Å². The lowest BCUT2D eigenvalue weighted by Gasteiger charge is -2.08. The van der Waals surface area contributed by atoms with Gasteiger partial charge in [-0.3, -0.25) is 9.59 Å². The molecule has 3 rings (SSSR count). The second-order valence-corrected chi connectivity index (χ2v) is 6.01. The second-order valence-electron chi connectivity index (χ2n) is 6.01. The molecular weight excluding hydrogens is 342 g/mol. The van der Waals surface area contributed by atoms with E-state index in [-0.39, 0.29) is 17.5 Å². The van der Waals surface area contributed by atoms with Gasteiger partial charge in [-0.15, -0.1) is 10.2 Å². The number of benzene rings is 2. The molecule has 27 heavy (non-hydrogen) atoms. The standard InChI is InChI=1S/C20H19N5O2/c1-13-3-5-17(6-4-13)23-20(27)18-11-12-19(25-24-18)22-16-9-7-15(8-10-16)21-14(2)26/h3-12H,1-2H3,(H,21,26)(H,22,25)(H,23,27). The Balaban J connectivity index is 1.61. The SMILES string of the molecule is CC(=O)Nc1ccc(Nc2ccc(C(=O)Nc3ccc(C)cc3)nn2)cc1. The van der Waals surface area contributed by atoms with E-state index in [0.717, 1.165) is 11.3 Å². The lowest BCUT2D eigenvalue weighted by Crippen LogP contribution is -2.14. The molecule has 2 amide bonds. The third-order valence-electron chi connectivity index (χ3n) is 3.68. The molecule has 0 fully saturated rings. The molecule has 7 nitrogen and oxygen atoms in total. The number of carbonyl (C=O) groups excluding carboxylic acids is 2. The number of aromatic nitrogens is 2. The zero-order valence-corrected chi connectivity index (χ0v) is 15.0. The van der Waals surface area contributed by atoms with Crippen LogP contribution in [0.15, 0.2) is 60.7 Å². The molecular formula is C20H19N5O2. The number of nitrogens with zero attached hydrogens (tertiary/aromatic N) is 2. The minimum atomic E-state index is -0.322. The fourth-order valence-corrected chi connectivity index (χ4v) is 2.34. The van der Waals surface area contributed by atoms with E-state index in [2.05, 4.69) is 26.1 Å². The molecule has 0 saturated heterocycles. The van der Waals surface area contributed by atoms with E-state index in [1.54, 1.807) is 24.3 Å². The van der Waals surface area contributed by atoms with Gasteiger partial charge in [-0.25, -0.2) is 0 Å². The molecule has 0 bridgehead atoms. The molecule has 0 atom stereocenters. The van der Waals surface area contributed by atoms with E-state index in [0.29, 0.717) is 17.2 Å². The number of rotatable bonds is 5. The molecule has 1 aromatic heterocycles. The highest BCUT2D eigenvalue weighted by Gasteiger charge is 2.09. The first-order valence-electron chi connectivity index (χ1n) is 8.36. The molecule has 0 radical (unpaired) electrons. The molecule has 0 aliphatic carbocycles. The zero-order chi connectivity index (χ0) is 19.2. The number of aryl methyl sites for hydroxylation is 1. The molecule has 0 aliphatic rings. The summed E-state index contributed by atoms with van der Waals surface area (Å²) in [5.74, 6) is 0.0628. The highest BCUT2D eigenvalue weighted by atomic mass is 16.2. The lowest BCUT2D eigenvalue weighted by atomic mass is 10.2. The van der Waals surface area contributed by atoms with Crippen molar-refractivity contribution in [3.05, 3.63) is 71.9 Å². The molecule has 0 unspecified atom stereocenters. The first kappa shape index (κ1) is 18.1. The molecule has 0 saturated carbocycles. The molecule has 3 N–H and O–H groups in total. The van der Waals surface area contributed by atoms with Crippen LogP contribution in [-0.2, 0) is 4.79 Å². The van der Waals surface area contributed by atoms with Crippen LogP contribution in [0, 0.1) is 6.92 Å². The van der Waals surface area contributed by atoms with E-state index in [1.807, 2.05) is 43.3 Å². The molecule has 7 heteroatoms. The summed E-state index contributed by atoms with van der Waals surface area (Å²) in [4.78, 5) is 23.3. The molecule has 136 valence electrons. The average Bonchev–Trinajstić information content (AvgIpc) is 2.65. The van der Waals surface area contributed by atoms with Crippen molar-refractivity contribution in [1.29, 1.82) is 0 Å². The predicted molar refractivity (Wildman–Crippen MR) is 105 cm³/mol. The summed E-state index contributed by atoms with van der Waals surface area (Å²) in [6.45, 7) is 3.44. The van der Waals surface area contributed by atoms with Crippen molar-refractivity contribution in [2.24, 2.45) is 0 Å². The summed E-state index contributed by atoms with van der Waals surface area (Å²) in [5.41, 5.74) is 3.54. The van der Waals surface area contributed by atoms with Crippen LogP contribution in [0.3, 0.4) is 0 Å². The van der Waals surface area contributed by atoms with Crippen LogP contribution in [0.5, 0.6) is 0 Å². The Labute approximate surface area is 156 Å². The van der Waals surface area contributed by atoms with E-state index < -0.39 is 0 Å². The fraction of sp³-hybridized carbons (Fsp3) is 0.100. The van der Waals surface area contributed by atoms with Crippen LogP contribution in [0.2, 0.25) is 0 Å². The van der Waals surface area contributed by atoms with Crippen molar-refractivity contribution in [2.45, 2.75) is 13.8 Å². The Morgan fingerprint density at radius 3 is 1.93 bits per heavy atom. The maximum atomic E-state index is 12.2. The molecule has 0 spiro atoms. The van der Waals surface area contributed by atoms with Crippen LogP contribution in [0.1, 0.15) is 23.0 Å². The van der Waals surface area contributed by atoms with Crippen molar-refractivity contribution in [3.63, 3.8) is 0 Å². The van der Waals surface area contributed by atoms with Gasteiger partial charge in [0, 0.05) is 24.0 Å². The Hall–Kier alpha value is -3.74. The minimum Gasteiger partial charge on any atom is -0.339 e. The maximum absolute atomic E-state index is 12.2. The Morgan fingerprint density at radius 2 is 1.33 bits per heavy atom. The van der Waals surface area contributed by atoms with Gasteiger partial charge in [0.15, 0.2) is 11.5 Å². The highest BCUT2D eigenvalue weighted by molar-refractivity contribution is 6.02. The van der Waals surface area contributed by atoms with Gasteiger partial charge in [-0.2, -0.15) is 0 Å². The van der Waals surface area contributed by atoms with Crippen LogP contribution >= 0.6 is 0 Å².